The van der Waals surface area contributed by atoms with Crippen LogP contribution in [0.15, 0.2) is 12.5 Å². The standard InChI is InChI=1S/C21H35N7O6/c1-5-11(4)16(23)19(31)28-17(10(2)3)20(32)26-13(6-12-8-24-9-25-12)18(30)27-14(21(33)34)7-15(22)29/h8-11,13-14,16-17H,5-7,23H2,1-4H3,(H2,22,29)(H,24,25)(H,26,32)(H,27,30)(H,28,31)(H,33,34)/t11-,13-,14-,16-,17-/m0/s1. The Morgan fingerprint density at radius 3 is 2.12 bits per heavy atom. The Morgan fingerprint density at radius 1 is 1.03 bits per heavy atom. The van der Waals surface area contributed by atoms with E-state index in [1.54, 1.807) is 13.8 Å². The molecule has 9 N–H and O–H groups in total. The smallest absolute Gasteiger partial charge is 0.326 e. The second kappa shape index (κ2) is 13.3. The van der Waals surface area contributed by atoms with Crippen molar-refractivity contribution in [1.29, 1.82) is 0 Å². The highest BCUT2D eigenvalue weighted by molar-refractivity contribution is 5.95. The summed E-state index contributed by atoms with van der Waals surface area (Å²) in [6, 6.07) is -4.61. The van der Waals surface area contributed by atoms with Crippen LogP contribution < -0.4 is 27.4 Å². The van der Waals surface area contributed by atoms with Crippen molar-refractivity contribution in [3.8, 4) is 0 Å². The van der Waals surface area contributed by atoms with Crippen LogP contribution in [-0.2, 0) is 30.4 Å². The number of hydrogen-bond donors (Lipinski definition) is 7. The lowest BCUT2D eigenvalue weighted by molar-refractivity contribution is -0.143. The zero-order valence-corrected chi connectivity index (χ0v) is 19.8. The highest BCUT2D eigenvalue weighted by Gasteiger charge is 2.33. The summed E-state index contributed by atoms with van der Waals surface area (Å²) in [6.45, 7) is 7.16. The Morgan fingerprint density at radius 2 is 1.65 bits per heavy atom. The van der Waals surface area contributed by atoms with Gasteiger partial charge in [-0.3, -0.25) is 19.2 Å². The first kappa shape index (κ1) is 28.6. The number of aliphatic carboxylic acids is 1. The number of aromatic nitrogens is 2. The van der Waals surface area contributed by atoms with Crippen LogP contribution in [0.5, 0.6) is 0 Å². The molecule has 0 spiro atoms. The lowest BCUT2D eigenvalue weighted by Crippen LogP contribution is -2.59. The average Bonchev–Trinajstić information content (AvgIpc) is 3.27. The number of primary amides is 1. The molecule has 0 aliphatic carbocycles. The summed E-state index contributed by atoms with van der Waals surface area (Å²) in [7, 11) is 0. The number of carbonyl (C=O) groups excluding carboxylic acids is 4. The van der Waals surface area contributed by atoms with Gasteiger partial charge >= 0.3 is 5.97 Å². The van der Waals surface area contributed by atoms with E-state index in [0.717, 1.165) is 0 Å². The number of carbonyl (C=O) groups is 5. The molecule has 0 saturated heterocycles. The van der Waals surface area contributed by atoms with Crippen LogP contribution in [0.4, 0.5) is 0 Å². The maximum absolute atomic E-state index is 13.1. The molecule has 4 amide bonds. The van der Waals surface area contributed by atoms with E-state index in [0.29, 0.717) is 12.1 Å². The average molecular weight is 482 g/mol. The molecule has 13 heteroatoms. The number of rotatable bonds is 14. The first-order valence-electron chi connectivity index (χ1n) is 11.0. The number of hydrogen-bond acceptors (Lipinski definition) is 7. The zero-order chi connectivity index (χ0) is 26.0. The Hall–Kier alpha value is -3.48. The van der Waals surface area contributed by atoms with E-state index in [1.807, 2.05) is 13.8 Å². The van der Waals surface area contributed by atoms with E-state index in [9.17, 15) is 29.1 Å². The van der Waals surface area contributed by atoms with Gasteiger partial charge in [-0.25, -0.2) is 9.78 Å². The minimum absolute atomic E-state index is 0.0500. The minimum Gasteiger partial charge on any atom is -0.480 e. The third-order valence-electron chi connectivity index (χ3n) is 5.44. The fourth-order valence-electron chi connectivity index (χ4n) is 3.06. The van der Waals surface area contributed by atoms with Gasteiger partial charge in [0, 0.05) is 18.3 Å². The molecule has 0 bridgehead atoms. The lowest BCUT2D eigenvalue weighted by atomic mass is 9.97. The van der Waals surface area contributed by atoms with Crippen LogP contribution in [0.1, 0.15) is 46.2 Å². The van der Waals surface area contributed by atoms with Crippen molar-refractivity contribution in [3.63, 3.8) is 0 Å². The minimum atomic E-state index is -1.57. The molecule has 0 fully saturated rings. The van der Waals surface area contributed by atoms with Gasteiger partial charge in [0.25, 0.3) is 0 Å². The number of imidazole rings is 1. The number of carboxylic acids is 1. The van der Waals surface area contributed by atoms with E-state index in [4.69, 9.17) is 11.5 Å². The number of nitrogens with one attached hydrogen (secondary N) is 4. The number of aromatic amines is 1. The fourth-order valence-corrected chi connectivity index (χ4v) is 3.06. The fraction of sp³-hybridized carbons (Fsp3) is 0.619. The van der Waals surface area contributed by atoms with Crippen LogP contribution in [0.25, 0.3) is 0 Å². The lowest BCUT2D eigenvalue weighted by Gasteiger charge is -2.27. The molecule has 1 aromatic heterocycles. The molecule has 1 heterocycles. The van der Waals surface area contributed by atoms with Crippen molar-refractivity contribution in [2.24, 2.45) is 23.3 Å². The molecule has 13 nitrogen and oxygen atoms in total. The van der Waals surface area contributed by atoms with Crippen molar-refractivity contribution in [2.45, 2.75) is 71.1 Å². The van der Waals surface area contributed by atoms with E-state index in [-0.39, 0.29) is 18.3 Å². The maximum Gasteiger partial charge on any atom is 0.326 e. The molecule has 0 aromatic carbocycles. The summed E-state index contributed by atoms with van der Waals surface area (Å²) in [6.07, 6.45) is 2.83. The van der Waals surface area contributed by atoms with E-state index in [2.05, 4.69) is 25.9 Å². The molecular weight excluding hydrogens is 446 g/mol. The van der Waals surface area contributed by atoms with Crippen molar-refractivity contribution >= 4 is 29.6 Å². The van der Waals surface area contributed by atoms with Crippen LogP contribution >= 0.6 is 0 Å². The number of carboxylic acid groups (broad SMARTS) is 1. The summed E-state index contributed by atoms with van der Waals surface area (Å²) < 4.78 is 0. The van der Waals surface area contributed by atoms with Crippen LogP contribution in [0, 0.1) is 11.8 Å². The van der Waals surface area contributed by atoms with Gasteiger partial charge in [-0.1, -0.05) is 34.1 Å². The molecule has 0 aliphatic rings. The van der Waals surface area contributed by atoms with Crippen molar-refractivity contribution in [1.82, 2.24) is 25.9 Å². The van der Waals surface area contributed by atoms with E-state index < -0.39 is 60.2 Å². The summed E-state index contributed by atoms with van der Waals surface area (Å²) in [5.41, 5.74) is 11.5. The first-order chi connectivity index (χ1) is 15.9. The van der Waals surface area contributed by atoms with Gasteiger partial charge in [-0.05, 0) is 11.8 Å². The molecular formula is C21H35N7O6. The molecule has 0 aliphatic heterocycles. The normalized spacial score (nSPS) is 15.5. The highest BCUT2D eigenvalue weighted by atomic mass is 16.4. The molecule has 0 unspecified atom stereocenters. The monoisotopic (exact) mass is 481 g/mol. The number of amides is 4. The van der Waals surface area contributed by atoms with Crippen molar-refractivity contribution in [3.05, 3.63) is 18.2 Å². The largest absolute Gasteiger partial charge is 0.480 e. The Labute approximate surface area is 197 Å². The molecule has 34 heavy (non-hydrogen) atoms. The predicted molar refractivity (Wildman–Crippen MR) is 122 cm³/mol. The molecule has 1 rings (SSSR count). The van der Waals surface area contributed by atoms with Gasteiger partial charge in [0.1, 0.15) is 18.1 Å². The second-order valence-electron chi connectivity index (χ2n) is 8.55. The third-order valence-corrected chi connectivity index (χ3v) is 5.44. The number of nitrogens with zero attached hydrogens (tertiary/aromatic N) is 1. The van der Waals surface area contributed by atoms with E-state index >= 15 is 0 Å². The summed E-state index contributed by atoms with van der Waals surface area (Å²) in [5.74, 6) is -4.81. The molecule has 190 valence electrons. The SMILES string of the molecule is CC[C@H](C)[C@H](N)C(=O)N[C@H](C(=O)N[C@@H](Cc1cnc[nH]1)C(=O)N[C@@H](CC(N)=O)C(=O)O)C(C)C. The highest BCUT2D eigenvalue weighted by Crippen LogP contribution is 2.09. The molecule has 0 saturated carbocycles. The van der Waals surface area contributed by atoms with Gasteiger partial charge in [0.05, 0.1) is 18.8 Å². The van der Waals surface area contributed by atoms with Crippen LogP contribution in [-0.4, -0.2) is 68.8 Å². The van der Waals surface area contributed by atoms with Crippen molar-refractivity contribution < 1.29 is 29.1 Å². The Kier molecular flexibility index (Phi) is 11.2. The number of nitrogens with two attached hydrogens (primary N) is 2. The summed E-state index contributed by atoms with van der Waals surface area (Å²) in [5, 5.41) is 16.7. The van der Waals surface area contributed by atoms with Gasteiger partial charge in [-0.15, -0.1) is 0 Å². The van der Waals surface area contributed by atoms with Crippen LogP contribution in [0.2, 0.25) is 0 Å². The molecule has 1 aromatic rings. The van der Waals surface area contributed by atoms with Gasteiger partial charge in [0.15, 0.2) is 0 Å². The topological polar surface area (TPSA) is 222 Å². The first-order valence-corrected chi connectivity index (χ1v) is 11.0. The molecule has 5 atom stereocenters. The summed E-state index contributed by atoms with van der Waals surface area (Å²) >= 11 is 0. The van der Waals surface area contributed by atoms with Gasteiger partial charge in [0.2, 0.25) is 23.6 Å². The zero-order valence-electron chi connectivity index (χ0n) is 19.8. The second-order valence-corrected chi connectivity index (χ2v) is 8.55. The summed E-state index contributed by atoms with van der Waals surface area (Å²) in [4.78, 5) is 67.7. The van der Waals surface area contributed by atoms with Crippen molar-refractivity contribution in [2.75, 3.05) is 0 Å². The van der Waals surface area contributed by atoms with Crippen LogP contribution in [0.3, 0.4) is 0 Å². The van der Waals surface area contributed by atoms with Gasteiger partial charge in [-0.2, -0.15) is 0 Å². The number of H-pyrrole nitrogens is 1. The van der Waals surface area contributed by atoms with E-state index in [1.165, 1.54) is 12.5 Å². The molecule has 0 radical (unpaired) electrons. The van der Waals surface area contributed by atoms with Gasteiger partial charge < -0.3 is 37.5 Å². The predicted octanol–water partition coefficient (Wildman–Crippen LogP) is -1.60. The Balaban J connectivity index is 3.06. The maximum atomic E-state index is 13.1. The third kappa shape index (κ3) is 8.81. The Bertz CT molecular complexity index is 858. The quantitative estimate of drug-likeness (QED) is 0.163.